The highest BCUT2D eigenvalue weighted by Crippen LogP contribution is 2.31. The number of aromatic nitrogens is 7. The first kappa shape index (κ1) is 14.4. The number of H-pyrrole nitrogens is 1. The summed E-state index contributed by atoms with van der Waals surface area (Å²) in [5.74, 6) is 0. The second-order valence-electron chi connectivity index (χ2n) is 5.15. The molecule has 0 aliphatic rings. The molecular formula is C16H8N7S2. The maximum atomic E-state index is 4.66. The minimum atomic E-state index is 0.794. The van der Waals surface area contributed by atoms with Crippen molar-refractivity contribution >= 4 is 44.3 Å². The summed E-state index contributed by atoms with van der Waals surface area (Å²) in [5.41, 5.74) is 6.17. The number of thiazole rings is 1. The zero-order valence-corrected chi connectivity index (χ0v) is 14.2. The van der Waals surface area contributed by atoms with E-state index in [4.69, 9.17) is 0 Å². The van der Waals surface area contributed by atoms with Crippen LogP contribution in [0.15, 0.2) is 52.8 Å². The Balaban J connectivity index is 1.66. The molecule has 0 aliphatic heterocycles. The number of hydrogen-bond donors (Lipinski definition) is 1. The lowest BCUT2D eigenvalue weighted by Crippen LogP contribution is -1.92. The molecule has 9 heteroatoms. The highest BCUT2D eigenvalue weighted by atomic mass is 32.2. The Kier molecular flexibility index (Phi) is 3.39. The third kappa shape index (κ3) is 2.63. The van der Waals surface area contributed by atoms with Crippen molar-refractivity contribution in [2.75, 3.05) is 0 Å². The zero-order chi connectivity index (χ0) is 16.6. The van der Waals surface area contributed by atoms with E-state index in [1.807, 2.05) is 24.3 Å². The molecule has 0 atom stereocenters. The molecular weight excluding hydrogens is 354 g/mol. The summed E-state index contributed by atoms with van der Waals surface area (Å²) in [5, 5.41) is 12.2. The van der Waals surface area contributed by atoms with Crippen LogP contribution in [0.25, 0.3) is 32.6 Å². The molecule has 4 heterocycles. The summed E-state index contributed by atoms with van der Waals surface area (Å²) in [7, 11) is 0. The fraction of sp³-hybridized carbons (Fsp3) is 0. The van der Waals surface area contributed by atoms with Gasteiger partial charge in [0.2, 0.25) is 0 Å². The summed E-state index contributed by atoms with van der Waals surface area (Å²) >= 11 is 2.94. The third-order valence-electron chi connectivity index (χ3n) is 3.62. The van der Waals surface area contributed by atoms with Crippen molar-refractivity contribution in [1.29, 1.82) is 0 Å². The van der Waals surface area contributed by atoms with Gasteiger partial charge in [0.05, 0.1) is 23.1 Å². The molecule has 1 aromatic carbocycles. The fourth-order valence-corrected chi connectivity index (χ4v) is 3.85. The van der Waals surface area contributed by atoms with Crippen molar-refractivity contribution in [2.45, 2.75) is 9.92 Å². The predicted octanol–water partition coefficient (Wildman–Crippen LogP) is 3.37. The minimum absolute atomic E-state index is 0.794. The van der Waals surface area contributed by atoms with E-state index in [0.717, 1.165) is 42.6 Å². The lowest BCUT2D eigenvalue weighted by molar-refractivity contribution is 0.911. The number of aromatic amines is 1. The van der Waals surface area contributed by atoms with Crippen LogP contribution in [0.1, 0.15) is 0 Å². The standard InChI is InChI=1S/C16H8N7S2/c1-2-11-10(5-9(1)25-14-6-20-23-22-14)15(18-7-17-11)12-3-4-13-16(21-12)24-8-19-13/h1-7H,(H,20,22,23). The molecule has 25 heavy (non-hydrogen) atoms. The van der Waals surface area contributed by atoms with Gasteiger partial charge < -0.3 is 0 Å². The average molecular weight is 362 g/mol. The van der Waals surface area contributed by atoms with Crippen molar-refractivity contribution < 1.29 is 0 Å². The fourth-order valence-electron chi connectivity index (χ4n) is 2.51. The van der Waals surface area contributed by atoms with Gasteiger partial charge in [0.25, 0.3) is 0 Å². The number of nitrogens with one attached hydrogen (secondary N) is 1. The monoisotopic (exact) mass is 362 g/mol. The molecule has 0 bridgehead atoms. The molecule has 7 nitrogen and oxygen atoms in total. The summed E-state index contributed by atoms with van der Waals surface area (Å²) in [4.78, 5) is 19.5. The molecule has 1 radical (unpaired) electrons. The summed E-state index contributed by atoms with van der Waals surface area (Å²) in [6.45, 7) is 0. The Bertz CT molecular complexity index is 1180. The highest BCUT2D eigenvalue weighted by molar-refractivity contribution is 7.99. The van der Waals surface area contributed by atoms with E-state index < -0.39 is 0 Å². The van der Waals surface area contributed by atoms with Gasteiger partial charge in [0.15, 0.2) is 5.51 Å². The van der Waals surface area contributed by atoms with Gasteiger partial charge in [-0.15, -0.1) is 5.10 Å². The highest BCUT2D eigenvalue weighted by Gasteiger charge is 2.11. The summed E-state index contributed by atoms with van der Waals surface area (Å²) in [6, 6.07) is 9.91. The Hall–Kier alpha value is -2.91. The van der Waals surface area contributed by atoms with Crippen molar-refractivity contribution in [3.05, 3.63) is 48.4 Å². The van der Waals surface area contributed by atoms with Gasteiger partial charge in [-0.05, 0) is 30.3 Å². The zero-order valence-electron chi connectivity index (χ0n) is 12.5. The summed E-state index contributed by atoms with van der Waals surface area (Å²) in [6.07, 6.45) is 3.25. The molecule has 5 aromatic rings. The number of benzene rings is 1. The van der Waals surface area contributed by atoms with Gasteiger partial charge in [0, 0.05) is 10.3 Å². The van der Waals surface area contributed by atoms with Crippen molar-refractivity contribution in [3.63, 3.8) is 0 Å². The van der Waals surface area contributed by atoms with Crippen LogP contribution in [0.3, 0.4) is 0 Å². The third-order valence-corrected chi connectivity index (χ3v) is 5.20. The topological polar surface area (TPSA) is 93.1 Å². The molecule has 0 amide bonds. The van der Waals surface area contributed by atoms with Crippen LogP contribution in [0.2, 0.25) is 0 Å². The molecule has 0 spiro atoms. The lowest BCUT2D eigenvalue weighted by Gasteiger charge is -2.06. The van der Waals surface area contributed by atoms with Crippen LogP contribution in [0.4, 0.5) is 0 Å². The van der Waals surface area contributed by atoms with Gasteiger partial charge in [-0.3, -0.25) is 5.10 Å². The van der Waals surface area contributed by atoms with Crippen molar-refractivity contribution in [1.82, 2.24) is 35.3 Å². The number of nitrogens with zero attached hydrogens (tertiary/aromatic N) is 6. The molecule has 1 N–H and O–H groups in total. The maximum absolute atomic E-state index is 4.66. The quantitative estimate of drug-likeness (QED) is 0.526. The molecule has 4 aromatic heterocycles. The van der Waals surface area contributed by atoms with Gasteiger partial charge >= 0.3 is 0 Å². The first-order chi connectivity index (χ1) is 12.4. The number of hydrogen-bond acceptors (Lipinski definition) is 8. The SMILES string of the molecule is [c]1nc2ccc(-c3ncnc4ccc(Sc5cnn[nH]5)cc34)nc2s1. The van der Waals surface area contributed by atoms with E-state index in [1.165, 1.54) is 11.3 Å². The van der Waals surface area contributed by atoms with E-state index in [1.54, 1.807) is 24.3 Å². The lowest BCUT2D eigenvalue weighted by atomic mass is 10.1. The average Bonchev–Trinajstić information content (AvgIpc) is 3.32. The van der Waals surface area contributed by atoms with Crippen LogP contribution in [0, 0.1) is 5.51 Å². The largest absolute Gasteiger partial charge is 0.251 e. The number of fused-ring (bicyclic) bond motifs is 2. The Labute approximate surface area is 149 Å². The van der Waals surface area contributed by atoms with E-state index in [2.05, 4.69) is 46.9 Å². The second kappa shape index (κ2) is 5.87. The van der Waals surface area contributed by atoms with Crippen LogP contribution in [-0.4, -0.2) is 35.3 Å². The number of pyridine rings is 1. The Morgan fingerprint density at radius 1 is 1.08 bits per heavy atom. The predicted molar refractivity (Wildman–Crippen MR) is 95.3 cm³/mol. The molecule has 0 saturated heterocycles. The molecule has 0 aliphatic carbocycles. The molecule has 0 saturated carbocycles. The molecule has 0 fully saturated rings. The Morgan fingerprint density at radius 3 is 2.96 bits per heavy atom. The van der Waals surface area contributed by atoms with Crippen LogP contribution in [0.5, 0.6) is 0 Å². The van der Waals surface area contributed by atoms with Crippen LogP contribution < -0.4 is 0 Å². The maximum Gasteiger partial charge on any atom is 0.155 e. The molecule has 5 rings (SSSR count). The van der Waals surface area contributed by atoms with Crippen molar-refractivity contribution in [2.24, 2.45) is 0 Å². The van der Waals surface area contributed by atoms with E-state index in [-0.39, 0.29) is 0 Å². The van der Waals surface area contributed by atoms with Gasteiger partial charge in [0.1, 0.15) is 21.7 Å². The molecule has 119 valence electrons. The van der Waals surface area contributed by atoms with Crippen molar-refractivity contribution in [3.8, 4) is 11.4 Å². The summed E-state index contributed by atoms with van der Waals surface area (Å²) < 4.78 is 0. The first-order valence-corrected chi connectivity index (χ1v) is 8.93. The normalized spacial score (nSPS) is 11.4. The smallest absolute Gasteiger partial charge is 0.155 e. The first-order valence-electron chi connectivity index (χ1n) is 7.29. The van der Waals surface area contributed by atoms with Gasteiger partial charge in [-0.2, -0.15) is 0 Å². The van der Waals surface area contributed by atoms with E-state index >= 15 is 0 Å². The van der Waals surface area contributed by atoms with Gasteiger partial charge in [-0.1, -0.05) is 28.3 Å². The van der Waals surface area contributed by atoms with E-state index in [9.17, 15) is 0 Å². The second-order valence-corrected chi connectivity index (χ2v) is 7.04. The van der Waals surface area contributed by atoms with Crippen LogP contribution >= 0.6 is 23.1 Å². The van der Waals surface area contributed by atoms with Crippen LogP contribution in [-0.2, 0) is 0 Å². The molecule has 0 unspecified atom stereocenters. The number of rotatable bonds is 3. The Morgan fingerprint density at radius 2 is 2.04 bits per heavy atom. The van der Waals surface area contributed by atoms with E-state index in [0.29, 0.717) is 0 Å². The van der Waals surface area contributed by atoms with Gasteiger partial charge in [-0.25, -0.2) is 19.9 Å². The minimum Gasteiger partial charge on any atom is -0.251 e.